The first-order valence-electron chi connectivity index (χ1n) is 12.1. The highest BCUT2D eigenvalue weighted by molar-refractivity contribution is 6.00. The van der Waals surface area contributed by atoms with E-state index in [1.807, 2.05) is 13.8 Å². The predicted octanol–water partition coefficient (Wildman–Crippen LogP) is 3.37. The molecule has 12 heteroatoms. The smallest absolute Gasteiger partial charge is 0.435 e. The van der Waals surface area contributed by atoms with Crippen LogP contribution in [0.4, 0.5) is 18.9 Å². The van der Waals surface area contributed by atoms with Crippen LogP contribution in [-0.4, -0.2) is 46.1 Å². The SMILES string of the molecule is CC1(C)CC(=O)c2c(C(F)(F)F)nn(-c3ccc(C(N)=O)c(N[C@H]4CCCC[C@@H]4OC(=O)CN)c3)c2C1. The van der Waals surface area contributed by atoms with Crippen LogP contribution in [0.2, 0.25) is 0 Å². The van der Waals surface area contributed by atoms with Crippen LogP contribution in [0.5, 0.6) is 0 Å². The van der Waals surface area contributed by atoms with Crippen molar-refractivity contribution in [2.24, 2.45) is 16.9 Å². The second-order valence-electron chi connectivity index (χ2n) is 10.4. The number of amides is 1. The van der Waals surface area contributed by atoms with Crippen LogP contribution in [0.15, 0.2) is 18.2 Å². The van der Waals surface area contributed by atoms with E-state index in [9.17, 15) is 27.6 Å². The van der Waals surface area contributed by atoms with E-state index in [2.05, 4.69) is 10.4 Å². The first kappa shape index (κ1) is 26.6. The van der Waals surface area contributed by atoms with Crippen molar-refractivity contribution in [1.82, 2.24) is 9.78 Å². The molecule has 0 aliphatic heterocycles. The van der Waals surface area contributed by atoms with E-state index >= 15 is 0 Å². The number of rotatable bonds is 6. The largest absolute Gasteiger partial charge is 0.459 e. The summed E-state index contributed by atoms with van der Waals surface area (Å²) in [5.74, 6) is -1.91. The van der Waals surface area contributed by atoms with Crippen molar-refractivity contribution in [3.05, 3.63) is 40.7 Å². The van der Waals surface area contributed by atoms with E-state index in [1.165, 1.54) is 18.2 Å². The van der Waals surface area contributed by atoms with Gasteiger partial charge in [0, 0.05) is 12.1 Å². The molecule has 2 aromatic rings. The molecule has 2 atom stereocenters. The first-order chi connectivity index (χ1) is 17.3. The van der Waals surface area contributed by atoms with E-state index in [0.29, 0.717) is 12.8 Å². The molecule has 2 aliphatic carbocycles. The number of carbonyl (C=O) groups excluding carboxylic acids is 3. The lowest BCUT2D eigenvalue weighted by Crippen LogP contribution is -2.41. The molecule has 1 aromatic carbocycles. The van der Waals surface area contributed by atoms with Crippen molar-refractivity contribution in [3.63, 3.8) is 0 Å². The molecule has 9 nitrogen and oxygen atoms in total. The van der Waals surface area contributed by atoms with Crippen LogP contribution in [0.3, 0.4) is 0 Å². The van der Waals surface area contributed by atoms with E-state index in [0.717, 1.165) is 17.5 Å². The number of hydrogen-bond acceptors (Lipinski definition) is 7. The fourth-order valence-corrected chi connectivity index (χ4v) is 5.18. The van der Waals surface area contributed by atoms with Gasteiger partial charge in [-0.3, -0.25) is 14.4 Å². The Morgan fingerprint density at radius 1 is 1.22 bits per heavy atom. The quantitative estimate of drug-likeness (QED) is 0.495. The maximum absolute atomic E-state index is 13.9. The number of esters is 1. The van der Waals surface area contributed by atoms with Crippen molar-refractivity contribution in [2.75, 3.05) is 11.9 Å². The van der Waals surface area contributed by atoms with Crippen molar-refractivity contribution >= 4 is 23.3 Å². The van der Waals surface area contributed by atoms with Crippen LogP contribution < -0.4 is 16.8 Å². The molecule has 0 unspecified atom stereocenters. The van der Waals surface area contributed by atoms with Gasteiger partial charge in [0.05, 0.1) is 35.1 Å². The average Bonchev–Trinajstić information content (AvgIpc) is 3.19. The Hall–Kier alpha value is -3.41. The Bertz CT molecular complexity index is 1240. The third kappa shape index (κ3) is 5.48. The van der Waals surface area contributed by atoms with Gasteiger partial charge in [0.25, 0.3) is 5.91 Å². The molecule has 0 bridgehead atoms. The molecular weight excluding hydrogens is 491 g/mol. The Morgan fingerprint density at radius 2 is 1.92 bits per heavy atom. The van der Waals surface area contributed by atoms with Crippen molar-refractivity contribution < 1.29 is 32.3 Å². The summed E-state index contributed by atoms with van der Waals surface area (Å²) in [6.07, 6.45) is -2.23. The Labute approximate surface area is 211 Å². The molecule has 1 fully saturated rings. The molecule has 0 saturated heterocycles. The summed E-state index contributed by atoms with van der Waals surface area (Å²) in [5.41, 5.74) is 9.55. The zero-order valence-corrected chi connectivity index (χ0v) is 20.7. The summed E-state index contributed by atoms with van der Waals surface area (Å²) < 4.78 is 48.2. The van der Waals surface area contributed by atoms with Crippen molar-refractivity contribution in [1.29, 1.82) is 0 Å². The van der Waals surface area contributed by atoms with E-state index in [-0.39, 0.29) is 48.1 Å². The van der Waals surface area contributed by atoms with Gasteiger partial charge >= 0.3 is 12.1 Å². The maximum atomic E-state index is 13.9. The fourth-order valence-electron chi connectivity index (χ4n) is 5.18. The number of fused-ring (bicyclic) bond motifs is 1. The molecule has 4 rings (SSSR count). The number of carbonyl (C=O) groups is 3. The number of ether oxygens (including phenoxy) is 1. The summed E-state index contributed by atoms with van der Waals surface area (Å²) in [4.78, 5) is 36.7. The monoisotopic (exact) mass is 521 g/mol. The number of anilines is 1. The number of nitrogens with zero attached hydrogens (tertiary/aromatic N) is 2. The topological polar surface area (TPSA) is 142 Å². The lowest BCUT2D eigenvalue weighted by atomic mass is 9.75. The van der Waals surface area contributed by atoms with Gasteiger partial charge in [0.15, 0.2) is 11.5 Å². The van der Waals surface area contributed by atoms with Gasteiger partial charge in [-0.2, -0.15) is 18.3 Å². The number of nitrogens with one attached hydrogen (secondary N) is 1. The standard InChI is InChI=1S/C25H30F3N5O4/c1-24(2)10-17-21(18(34)11-24)22(25(26,27)28)32-33(17)13-7-8-14(23(30)36)16(9-13)31-15-5-3-4-6-19(15)37-20(35)12-29/h7-9,15,19,31H,3-6,10-12,29H2,1-2H3,(H2,30,36)/t15-,19-/m0/s1. The molecule has 0 radical (unpaired) electrons. The molecule has 1 aromatic heterocycles. The number of nitrogens with two attached hydrogens (primary N) is 2. The summed E-state index contributed by atoms with van der Waals surface area (Å²) >= 11 is 0. The fraction of sp³-hybridized carbons (Fsp3) is 0.520. The number of hydrogen-bond donors (Lipinski definition) is 3. The summed E-state index contributed by atoms with van der Waals surface area (Å²) in [6.45, 7) is 3.35. The highest BCUT2D eigenvalue weighted by atomic mass is 19.4. The van der Waals surface area contributed by atoms with Crippen LogP contribution in [0.1, 0.15) is 78.1 Å². The number of primary amides is 1. The van der Waals surface area contributed by atoms with Crippen LogP contribution in [-0.2, 0) is 22.1 Å². The second-order valence-corrected chi connectivity index (χ2v) is 10.4. The number of alkyl halides is 3. The highest BCUT2D eigenvalue weighted by Gasteiger charge is 2.45. The van der Waals surface area contributed by atoms with E-state index < -0.39 is 46.6 Å². The molecule has 200 valence electrons. The van der Waals surface area contributed by atoms with Crippen molar-refractivity contribution in [3.8, 4) is 5.69 Å². The van der Waals surface area contributed by atoms with Gasteiger partial charge in [-0.05, 0) is 49.3 Å². The first-order valence-corrected chi connectivity index (χ1v) is 12.1. The molecule has 1 heterocycles. The lowest BCUT2D eigenvalue weighted by Gasteiger charge is -2.33. The lowest BCUT2D eigenvalue weighted by molar-refractivity contribution is -0.149. The van der Waals surface area contributed by atoms with Gasteiger partial charge < -0.3 is 21.5 Å². The minimum Gasteiger partial charge on any atom is -0.459 e. The second kappa shape index (κ2) is 9.81. The third-order valence-electron chi connectivity index (χ3n) is 6.82. The maximum Gasteiger partial charge on any atom is 0.435 e. The molecular formula is C25H30F3N5O4. The number of aromatic nitrogens is 2. The Balaban J connectivity index is 1.79. The van der Waals surface area contributed by atoms with Gasteiger partial charge in [-0.25, -0.2) is 4.68 Å². The predicted molar refractivity (Wildman–Crippen MR) is 128 cm³/mol. The van der Waals surface area contributed by atoms with Crippen LogP contribution in [0.25, 0.3) is 5.69 Å². The molecule has 5 N–H and O–H groups in total. The van der Waals surface area contributed by atoms with Gasteiger partial charge in [-0.1, -0.05) is 20.3 Å². The number of Topliss-reactive ketones (excluding diaryl/α,β-unsaturated/α-hetero) is 1. The minimum atomic E-state index is -4.82. The van der Waals surface area contributed by atoms with Gasteiger partial charge in [0.1, 0.15) is 6.10 Å². The third-order valence-corrected chi connectivity index (χ3v) is 6.82. The minimum absolute atomic E-state index is 0.0211. The Morgan fingerprint density at radius 3 is 2.57 bits per heavy atom. The summed E-state index contributed by atoms with van der Waals surface area (Å²) in [7, 11) is 0. The van der Waals surface area contributed by atoms with Gasteiger partial charge in [0.2, 0.25) is 0 Å². The number of benzene rings is 1. The van der Waals surface area contributed by atoms with Crippen LogP contribution in [0, 0.1) is 5.41 Å². The van der Waals surface area contributed by atoms with E-state index in [1.54, 1.807) is 0 Å². The van der Waals surface area contributed by atoms with E-state index in [4.69, 9.17) is 16.2 Å². The molecule has 0 spiro atoms. The molecule has 2 aliphatic rings. The zero-order chi connectivity index (χ0) is 27.1. The molecule has 37 heavy (non-hydrogen) atoms. The molecule has 1 amide bonds. The zero-order valence-electron chi connectivity index (χ0n) is 20.7. The summed E-state index contributed by atoms with van der Waals surface area (Å²) in [6, 6.07) is 3.96. The average molecular weight is 522 g/mol. The van der Waals surface area contributed by atoms with Crippen LogP contribution >= 0.6 is 0 Å². The molecule has 1 saturated carbocycles. The van der Waals surface area contributed by atoms with Gasteiger partial charge in [-0.15, -0.1) is 0 Å². The number of ketones is 1. The van der Waals surface area contributed by atoms with Crippen molar-refractivity contribution in [2.45, 2.75) is 70.7 Å². The highest BCUT2D eigenvalue weighted by Crippen LogP contribution is 2.42. The number of halogens is 3. The Kier molecular flexibility index (Phi) is 7.06. The summed E-state index contributed by atoms with van der Waals surface area (Å²) in [5, 5.41) is 7.03. The normalized spacial score (nSPS) is 21.3.